The van der Waals surface area contributed by atoms with Crippen LogP contribution in [0.5, 0.6) is 0 Å². The van der Waals surface area contributed by atoms with Gasteiger partial charge < -0.3 is 10.7 Å². The summed E-state index contributed by atoms with van der Waals surface area (Å²) in [7, 11) is 0. The van der Waals surface area contributed by atoms with E-state index in [2.05, 4.69) is 15.4 Å². The second-order valence-corrected chi connectivity index (χ2v) is 5.81. The molecule has 0 radical (unpaired) electrons. The molecule has 0 bridgehead atoms. The molecule has 1 heterocycles. The summed E-state index contributed by atoms with van der Waals surface area (Å²) in [6.07, 6.45) is 0.707. The van der Waals surface area contributed by atoms with Gasteiger partial charge in [-0.15, -0.1) is 0 Å². The first-order valence-electron chi connectivity index (χ1n) is 7.16. The minimum Gasteiger partial charge on any atom is -0.375 e. The second kappa shape index (κ2) is 6.95. The van der Waals surface area contributed by atoms with Crippen molar-refractivity contribution in [1.29, 1.82) is 0 Å². The standard InChI is InChI=1S/C16H16ClN5S/c17-11-5-1-4-8-14(11)22(16(18)23)19-10-9-15-20-12-6-2-3-7-13(12)21-15/h1-8,19H,9-10H2,(H2,18,23)(H,20,21). The van der Waals surface area contributed by atoms with E-state index in [0.717, 1.165) is 22.5 Å². The summed E-state index contributed by atoms with van der Waals surface area (Å²) in [4.78, 5) is 7.83. The van der Waals surface area contributed by atoms with E-state index in [9.17, 15) is 0 Å². The van der Waals surface area contributed by atoms with Crippen LogP contribution in [0.1, 0.15) is 5.82 Å². The number of para-hydroxylation sites is 3. The maximum Gasteiger partial charge on any atom is 0.185 e. The molecule has 0 spiro atoms. The average Bonchev–Trinajstić information content (AvgIpc) is 2.95. The number of aromatic nitrogens is 2. The Hall–Kier alpha value is -2.15. The summed E-state index contributed by atoms with van der Waals surface area (Å²) < 4.78 is 0. The molecule has 3 aromatic rings. The van der Waals surface area contributed by atoms with Gasteiger partial charge in [-0.3, -0.25) is 5.01 Å². The van der Waals surface area contributed by atoms with Crippen molar-refractivity contribution in [1.82, 2.24) is 15.4 Å². The lowest BCUT2D eigenvalue weighted by Gasteiger charge is -2.24. The fourth-order valence-electron chi connectivity index (χ4n) is 2.33. The Balaban J connectivity index is 1.68. The number of imidazole rings is 1. The molecule has 0 fully saturated rings. The molecular weight excluding hydrogens is 330 g/mol. The third kappa shape index (κ3) is 3.61. The first-order chi connectivity index (χ1) is 11.1. The van der Waals surface area contributed by atoms with Crippen LogP contribution < -0.4 is 16.2 Å². The van der Waals surface area contributed by atoms with Crippen molar-refractivity contribution in [2.45, 2.75) is 6.42 Å². The first-order valence-corrected chi connectivity index (χ1v) is 7.95. The van der Waals surface area contributed by atoms with Gasteiger partial charge in [0.25, 0.3) is 0 Å². The van der Waals surface area contributed by atoms with Gasteiger partial charge in [0.1, 0.15) is 5.82 Å². The van der Waals surface area contributed by atoms with E-state index in [1.165, 1.54) is 0 Å². The largest absolute Gasteiger partial charge is 0.375 e. The molecular formula is C16H16ClN5S. The van der Waals surface area contributed by atoms with Crippen LogP contribution in [0, 0.1) is 0 Å². The zero-order valence-electron chi connectivity index (χ0n) is 12.3. The van der Waals surface area contributed by atoms with Crippen molar-refractivity contribution < 1.29 is 0 Å². The number of thiocarbonyl (C=S) groups is 1. The van der Waals surface area contributed by atoms with E-state index in [4.69, 9.17) is 29.6 Å². The third-order valence-electron chi connectivity index (χ3n) is 3.38. The molecule has 0 saturated heterocycles. The molecule has 23 heavy (non-hydrogen) atoms. The van der Waals surface area contributed by atoms with Gasteiger partial charge in [0, 0.05) is 13.0 Å². The second-order valence-electron chi connectivity index (χ2n) is 4.98. The van der Waals surface area contributed by atoms with Crippen molar-refractivity contribution in [3.05, 3.63) is 59.4 Å². The van der Waals surface area contributed by atoms with Crippen molar-refractivity contribution in [3.8, 4) is 0 Å². The van der Waals surface area contributed by atoms with E-state index in [1.54, 1.807) is 11.1 Å². The Morgan fingerprint density at radius 3 is 2.70 bits per heavy atom. The molecule has 7 heteroatoms. The highest BCUT2D eigenvalue weighted by Gasteiger charge is 2.12. The third-order valence-corrected chi connectivity index (χ3v) is 3.89. The van der Waals surface area contributed by atoms with Crippen LogP contribution in [0.15, 0.2) is 48.5 Å². The number of aromatic amines is 1. The Morgan fingerprint density at radius 1 is 1.22 bits per heavy atom. The Labute approximate surface area is 144 Å². The van der Waals surface area contributed by atoms with Crippen LogP contribution in [0.2, 0.25) is 5.02 Å². The summed E-state index contributed by atoms with van der Waals surface area (Å²) in [6, 6.07) is 15.3. The maximum absolute atomic E-state index is 6.20. The number of fused-ring (bicyclic) bond motifs is 1. The first kappa shape index (κ1) is 15.7. The Morgan fingerprint density at radius 2 is 1.96 bits per heavy atom. The maximum atomic E-state index is 6.20. The molecule has 0 unspecified atom stereocenters. The topological polar surface area (TPSA) is 70.0 Å². The average molecular weight is 346 g/mol. The number of H-pyrrole nitrogens is 1. The van der Waals surface area contributed by atoms with Gasteiger partial charge in [0.15, 0.2) is 5.11 Å². The molecule has 0 atom stereocenters. The van der Waals surface area contributed by atoms with Gasteiger partial charge in [-0.05, 0) is 36.5 Å². The van der Waals surface area contributed by atoms with Gasteiger partial charge in [-0.2, -0.15) is 0 Å². The summed E-state index contributed by atoms with van der Waals surface area (Å²) in [5.74, 6) is 0.903. The van der Waals surface area contributed by atoms with Gasteiger partial charge in [0.2, 0.25) is 0 Å². The van der Waals surface area contributed by atoms with Crippen molar-refractivity contribution >= 4 is 45.7 Å². The monoisotopic (exact) mass is 345 g/mol. The number of nitrogens with one attached hydrogen (secondary N) is 2. The van der Waals surface area contributed by atoms with E-state index in [-0.39, 0.29) is 5.11 Å². The number of rotatable bonds is 5. The normalized spacial score (nSPS) is 10.8. The number of anilines is 1. The van der Waals surface area contributed by atoms with Crippen LogP contribution in [0.3, 0.4) is 0 Å². The molecule has 0 aliphatic carbocycles. The van der Waals surface area contributed by atoms with Gasteiger partial charge >= 0.3 is 0 Å². The summed E-state index contributed by atoms with van der Waals surface area (Å²) >= 11 is 11.3. The fourth-order valence-corrected chi connectivity index (χ4v) is 2.71. The number of benzene rings is 2. The molecule has 0 amide bonds. The van der Waals surface area contributed by atoms with Gasteiger partial charge in [-0.25, -0.2) is 10.4 Å². The highest BCUT2D eigenvalue weighted by Crippen LogP contribution is 2.23. The van der Waals surface area contributed by atoms with Gasteiger partial charge in [-0.1, -0.05) is 35.9 Å². The number of nitrogens with zero attached hydrogens (tertiary/aromatic N) is 2. The minimum atomic E-state index is 0.211. The zero-order chi connectivity index (χ0) is 16.2. The van der Waals surface area contributed by atoms with E-state index in [1.807, 2.05) is 42.5 Å². The lowest BCUT2D eigenvalue weighted by Crippen LogP contribution is -2.47. The molecule has 3 rings (SSSR count). The van der Waals surface area contributed by atoms with Gasteiger partial charge in [0.05, 0.1) is 21.7 Å². The minimum absolute atomic E-state index is 0.211. The van der Waals surface area contributed by atoms with Crippen LogP contribution in [0.25, 0.3) is 11.0 Å². The number of hydrogen-bond acceptors (Lipinski definition) is 3. The van der Waals surface area contributed by atoms with E-state index >= 15 is 0 Å². The number of hydrazine groups is 1. The molecule has 1 aromatic heterocycles. The Kier molecular flexibility index (Phi) is 4.76. The molecule has 0 aliphatic rings. The predicted octanol–water partition coefficient (Wildman–Crippen LogP) is 3.01. The molecule has 0 saturated carbocycles. The molecule has 0 aliphatic heterocycles. The molecule has 5 nitrogen and oxygen atoms in total. The Bertz CT molecular complexity index is 799. The highest BCUT2D eigenvalue weighted by atomic mass is 35.5. The molecule has 4 N–H and O–H groups in total. The SMILES string of the molecule is NC(=S)N(NCCc1nc2ccccc2[nH]1)c1ccccc1Cl. The van der Waals surface area contributed by atoms with Crippen molar-refractivity contribution in [2.24, 2.45) is 5.73 Å². The molecule has 118 valence electrons. The van der Waals surface area contributed by atoms with Crippen LogP contribution in [0.4, 0.5) is 5.69 Å². The number of nitrogens with two attached hydrogens (primary N) is 1. The van der Waals surface area contributed by atoms with E-state index in [0.29, 0.717) is 18.0 Å². The van der Waals surface area contributed by atoms with Crippen LogP contribution in [-0.4, -0.2) is 21.6 Å². The predicted molar refractivity (Wildman–Crippen MR) is 98.5 cm³/mol. The quantitative estimate of drug-likeness (QED) is 0.490. The summed E-state index contributed by atoms with van der Waals surface area (Å²) in [5.41, 5.74) is 11.7. The van der Waals surface area contributed by atoms with Crippen LogP contribution in [-0.2, 0) is 6.42 Å². The summed E-state index contributed by atoms with van der Waals surface area (Å²) in [6.45, 7) is 0.613. The number of halogens is 1. The van der Waals surface area contributed by atoms with Crippen LogP contribution >= 0.6 is 23.8 Å². The fraction of sp³-hybridized carbons (Fsp3) is 0.125. The lowest BCUT2D eigenvalue weighted by atomic mass is 10.3. The smallest absolute Gasteiger partial charge is 0.185 e. The highest BCUT2D eigenvalue weighted by molar-refractivity contribution is 7.80. The van der Waals surface area contributed by atoms with Crippen molar-refractivity contribution in [3.63, 3.8) is 0 Å². The lowest BCUT2D eigenvalue weighted by molar-refractivity contribution is 0.699. The number of hydrogen-bond donors (Lipinski definition) is 3. The van der Waals surface area contributed by atoms with E-state index < -0.39 is 0 Å². The summed E-state index contributed by atoms with van der Waals surface area (Å²) in [5, 5.41) is 2.40. The zero-order valence-corrected chi connectivity index (χ0v) is 13.9. The van der Waals surface area contributed by atoms with Crippen molar-refractivity contribution in [2.75, 3.05) is 11.6 Å². The molecule has 2 aromatic carbocycles.